The lowest BCUT2D eigenvalue weighted by Crippen LogP contribution is -2.48. The Kier molecular flexibility index (Phi) is 8.43. The van der Waals surface area contributed by atoms with Crippen LogP contribution in [0.1, 0.15) is 11.1 Å². The van der Waals surface area contributed by atoms with Gasteiger partial charge in [-0.2, -0.15) is 0 Å². The number of aliphatic hydroxyl groups is 1. The lowest BCUT2D eigenvalue weighted by atomic mass is 10.1. The minimum atomic E-state index is -0.756. The summed E-state index contributed by atoms with van der Waals surface area (Å²) in [6.45, 7) is 5.48. The molecule has 2 aromatic rings. The first-order chi connectivity index (χ1) is 14.6. The van der Waals surface area contributed by atoms with Crippen LogP contribution < -0.4 is 4.74 Å². The second kappa shape index (κ2) is 11.5. The summed E-state index contributed by atoms with van der Waals surface area (Å²) in [6.07, 6.45) is 0.000700. The van der Waals surface area contributed by atoms with Crippen LogP contribution in [0.15, 0.2) is 54.6 Å². The lowest BCUT2D eigenvalue weighted by Gasteiger charge is -2.35. The van der Waals surface area contributed by atoms with E-state index in [1.807, 2.05) is 42.5 Å². The first-order valence-electron chi connectivity index (χ1n) is 10.2. The number of para-hydroxylation sites is 1. The molecule has 3 rings (SSSR count). The maximum absolute atomic E-state index is 10.3. The predicted octanol–water partition coefficient (Wildman–Crippen LogP) is 1.99. The molecule has 1 aliphatic heterocycles. The molecule has 8 heteroatoms. The van der Waals surface area contributed by atoms with Gasteiger partial charge in [-0.25, -0.2) is 0 Å². The van der Waals surface area contributed by atoms with E-state index in [1.54, 1.807) is 0 Å². The molecule has 0 spiro atoms. The van der Waals surface area contributed by atoms with Crippen LogP contribution in [-0.2, 0) is 17.8 Å². The van der Waals surface area contributed by atoms with E-state index in [-0.39, 0.29) is 13.2 Å². The smallest absolute Gasteiger partial charge is 0.294 e. The van der Waals surface area contributed by atoms with Crippen LogP contribution in [0.5, 0.6) is 5.75 Å². The van der Waals surface area contributed by atoms with E-state index in [1.165, 1.54) is 5.56 Å². The number of benzene rings is 2. The molecule has 0 aliphatic carbocycles. The first kappa shape index (κ1) is 22.0. The number of piperazine rings is 1. The van der Waals surface area contributed by atoms with Crippen molar-refractivity contribution in [2.45, 2.75) is 19.1 Å². The van der Waals surface area contributed by atoms with Gasteiger partial charge >= 0.3 is 0 Å². The molecule has 162 valence electrons. The third-order valence-electron chi connectivity index (χ3n) is 5.10. The van der Waals surface area contributed by atoms with Gasteiger partial charge in [0.25, 0.3) is 5.09 Å². The van der Waals surface area contributed by atoms with Gasteiger partial charge < -0.3 is 14.7 Å². The molecule has 1 atom stereocenters. The van der Waals surface area contributed by atoms with Gasteiger partial charge in [0.15, 0.2) is 0 Å². The second-order valence-corrected chi connectivity index (χ2v) is 7.48. The maximum Gasteiger partial charge on any atom is 0.294 e. The monoisotopic (exact) mass is 415 g/mol. The first-order valence-corrected chi connectivity index (χ1v) is 10.2. The minimum absolute atomic E-state index is 0.0748. The van der Waals surface area contributed by atoms with Gasteiger partial charge in [0.1, 0.15) is 25.1 Å². The van der Waals surface area contributed by atoms with Crippen molar-refractivity contribution in [1.29, 1.82) is 0 Å². The topological polar surface area (TPSA) is 88.3 Å². The predicted molar refractivity (Wildman–Crippen MR) is 113 cm³/mol. The Bertz CT molecular complexity index is 781. The van der Waals surface area contributed by atoms with Crippen molar-refractivity contribution >= 4 is 0 Å². The Morgan fingerprint density at radius 2 is 1.70 bits per heavy atom. The highest BCUT2D eigenvalue weighted by Crippen LogP contribution is 2.13. The zero-order valence-electron chi connectivity index (χ0n) is 17.1. The van der Waals surface area contributed by atoms with Crippen LogP contribution in [0.2, 0.25) is 0 Å². The Labute approximate surface area is 176 Å². The highest BCUT2D eigenvalue weighted by molar-refractivity contribution is 5.24. The van der Waals surface area contributed by atoms with Crippen LogP contribution in [0.4, 0.5) is 0 Å². The SMILES string of the molecule is O=[N+]([O-])OCCc1cccc(CN2CCN(CC(O)COc3ccccc3)CC2)c1. The molecule has 1 heterocycles. The summed E-state index contributed by atoms with van der Waals surface area (Å²) in [5.41, 5.74) is 2.23. The fraction of sp³-hybridized carbons (Fsp3) is 0.455. The quantitative estimate of drug-likeness (QED) is 0.444. The Morgan fingerprint density at radius 3 is 2.43 bits per heavy atom. The lowest BCUT2D eigenvalue weighted by molar-refractivity contribution is -0.757. The van der Waals surface area contributed by atoms with Crippen molar-refractivity contribution in [3.63, 3.8) is 0 Å². The molecule has 0 radical (unpaired) electrons. The van der Waals surface area contributed by atoms with Gasteiger partial charge in [-0.05, 0) is 29.7 Å². The molecule has 0 amide bonds. The van der Waals surface area contributed by atoms with Crippen molar-refractivity contribution in [2.24, 2.45) is 0 Å². The molecule has 0 bridgehead atoms. The van der Waals surface area contributed by atoms with E-state index in [0.717, 1.165) is 44.0 Å². The Balaban J connectivity index is 1.36. The van der Waals surface area contributed by atoms with Crippen LogP contribution in [0.3, 0.4) is 0 Å². The average molecular weight is 415 g/mol. The number of rotatable bonds is 11. The normalized spacial score (nSPS) is 16.2. The van der Waals surface area contributed by atoms with Crippen molar-refractivity contribution in [3.05, 3.63) is 75.8 Å². The fourth-order valence-electron chi connectivity index (χ4n) is 3.57. The number of nitrogens with zero attached hydrogens (tertiary/aromatic N) is 3. The number of aliphatic hydroxyl groups excluding tert-OH is 1. The van der Waals surface area contributed by atoms with Gasteiger partial charge in [-0.15, -0.1) is 10.1 Å². The third kappa shape index (κ3) is 7.62. The van der Waals surface area contributed by atoms with E-state index in [0.29, 0.717) is 13.0 Å². The van der Waals surface area contributed by atoms with Crippen LogP contribution in [0.25, 0.3) is 0 Å². The van der Waals surface area contributed by atoms with Crippen molar-refractivity contribution in [1.82, 2.24) is 9.80 Å². The van der Waals surface area contributed by atoms with E-state index in [9.17, 15) is 15.2 Å². The maximum atomic E-state index is 10.3. The molecule has 0 saturated carbocycles. The summed E-state index contributed by atoms with van der Waals surface area (Å²) in [5, 5.41) is 19.8. The van der Waals surface area contributed by atoms with Gasteiger partial charge in [-0.1, -0.05) is 42.5 Å². The van der Waals surface area contributed by atoms with E-state index in [4.69, 9.17) is 4.74 Å². The zero-order chi connectivity index (χ0) is 21.2. The highest BCUT2D eigenvalue weighted by atomic mass is 16.9. The standard InChI is InChI=1S/C22H29N3O5/c26-21(18-29-22-7-2-1-3-8-22)17-24-12-10-23(11-13-24)16-20-6-4-5-19(15-20)9-14-30-25(27)28/h1-8,15,21,26H,9-14,16-18H2. The molecule has 8 nitrogen and oxygen atoms in total. The summed E-state index contributed by atoms with van der Waals surface area (Å²) in [4.78, 5) is 19.3. The molecule has 2 aromatic carbocycles. The highest BCUT2D eigenvalue weighted by Gasteiger charge is 2.19. The van der Waals surface area contributed by atoms with Crippen LogP contribution >= 0.6 is 0 Å². The van der Waals surface area contributed by atoms with Crippen molar-refractivity contribution in [2.75, 3.05) is 45.9 Å². The van der Waals surface area contributed by atoms with Gasteiger partial charge in [0, 0.05) is 39.3 Å². The van der Waals surface area contributed by atoms with Crippen molar-refractivity contribution < 1.29 is 19.8 Å². The molecule has 30 heavy (non-hydrogen) atoms. The van der Waals surface area contributed by atoms with E-state index >= 15 is 0 Å². The summed E-state index contributed by atoms with van der Waals surface area (Å²) in [5.74, 6) is 0.772. The average Bonchev–Trinajstić information content (AvgIpc) is 2.74. The molecule has 1 N–H and O–H groups in total. The van der Waals surface area contributed by atoms with Crippen LogP contribution in [0, 0.1) is 10.1 Å². The van der Waals surface area contributed by atoms with E-state index < -0.39 is 11.2 Å². The van der Waals surface area contributed by atoms with Gasteiger partial charge in [0.05, 0.1) is 0 Å². The van der Waals surface area contributed by atoms with Gasteiger partial charge in [-0.3, -0.25) is 9.80 Å². The second-order valence-electron chi connectivity index (χ2n) is 7.48. The number of β-amino-alcohol motifs (C(OH)–C–C–N with tert-alkyl or cyclic N) is 1. The molecule has 1 unspecified atom stereocenters. The molecule has 1 fully saturated rings. The molecule has 1 aliphatic rings. The van der Waals surface area contributed by atoms with Gasteiger partial charge in [0.2, 0.25) is 0 Å². The molecular formula is C22H29N3O5. The number of hydrogen-bond donors (Lipinski definition) is 1. The summed E-state index contributed by atoms with van der Waals surface area (Å²) in [6, 6.07) is 17.6. The molecule has 0 aromatic heterocycles. The third-order valence-corrected chi connectivity index (χ3v) is 5.10. The largest absolute Gasteiger partial charge is 0.491 e. The Morgan fingerprint density at radius 1 is 1.00 bits per heavy atom. The number of ether oxygens (including phenoxy) is 1. The van der Waals surface area contributed by atoms with Crippen LogP contribution in [-0.4, -0.2) is 72.0 Å². The minimum Gasteiger partial charge on any atom is -0.491 e. The molecular weight excluding hydrogens is 386 g/mol. The van der Waals surface area contributed by atoms with Crippen molar-refractivity contribution in [3.8, 4) is 5.75 Å². The summed E-state index contributed by atoms with van der Waals surface area (Å²) >= 11 is 0. The number of hydrogen-bond acceptors (Lipinski definition) is 7. The fourth-order valence-corrected chi connectivity index (χ4v) is 3.57. The summed E-state index contributed by atoms with van der Waals surface area (Å²) in [7, 11) is 0. The molecule has 1 saturated heterocycles. The van der Waals surface area contributed by atoms with E-state index in [2.05, 4.69) is 26.8 Å². The summed E-state index contributed by atoms with van der Waals surface area (Å²) < 4.78 is 5.63. The Hall–Kier alpha value is -2.68. The zero-order valence-corrected chi connectivity index (χ0v) is 17.1.